The lowest BCUT2D eigenvalue weighted by Gasteiger charge is -2.26. The van der Waals surface area contributed by atoms with Crippen molar-refractivity contribution in [3.05, 3.63) is 146 Å². The molecule has 57 heavy (non-hydrogen) atoms. The summed E-state index contributed by atoms with van der Waals surface area (Å²) in [5.74, 6) is 0.548. The van der Waals surface area contributed by atoms with Crippen LogP contribution < -0.4 is 4.90 Å². The third-order valence-corrected chi connectivity index (χ3v) is 10.6. The standard InChI is InChI=1S/C45H24N8O4/c1-3-10-29-27(8-1)24-28-9-2-4-11-30(28)39(29)32-21-23-37(44-41(32)49-57-52-44)53(35-14-7-13-34-42(35)50-55-47-34)36-22-20-31(40-43(36)51-56-48-40)25-16-18-26(19-17-25)45-46-33-12-5-6-15-38(33)54-45/h1-24H. The molecule has 12 heteroatoms. The number of hydrogen-bond acceptors (Lipinski definition) is 12. The molecule has 8 aromatic carbocycles. The van der Waals surface area contributed by atoms with Crippen LogP contribution in [0.25, 0.3) is 99.5 Å². The molecule has 4 aromatic heterocycles. The van der Waals surface area contributed by atoms with Gasteiger partial charge >= 0.3 is 0 Å². The largest absolute Gasteiger partial charge is 0.436 e. The average Bonchev–Trinajstić information content (AvgIpc) is 4.10. The topological polar surface area (TPSA) is 146 Å². The molecule has 0 radical (unpaired) electrons. The summed E-state index contributed by atoms with van der Waals surface area (Å²) in [6, 6.07) is 48.4. The molecule has 0 N–H and O–H groups in total. The van der Waals surface area contributed by atoms with Gasteiger partial charge in [-0.3, -0.25) is 0 Å². The van der Waals surface area contributed by atoms with Gasteiger partial charge in [0.15, 0.2) is 22.1 Å². The Morgan fingerprint density at radius 2 is 0.965 bits per heavy atom. The molecule has 0 unspecified atom stereocenters. The van der Waals surface area contributed by atoms with Crippen LogP contribution in [-0.4, -0.2) is 35.9 Å². The third kappa shape index (κ3) is 4.77. The fourth-order valence-electron chi connectivity index (χ4n) is 7.96. The third-order valence-electron chi connectivity index (χ3n) is 10.6. The minimum atomic E-state index is 0.512. The summed E-state index contributed by atoms with van der Waals surface area (Å²) in [5, 5.41) is 30.8. The van der Waals surface area contributed by atoms with Crippen LogP contribution in [0.1, 0.15) is 0 Å². The molecule has 0 aliphatic heterocycles. The Labute approximate surface area is 320 Å². The molecule has 12 aromatic rings. The number of para-hydroxylation sites is 2. The van der Waals surface area contributed by atoms with Gasteiger partial charge in [0.05, 0.1) is 17.1 Å². The molecule has 0 bridgehead atoms. The monoisotopic (exact) mass is 740 g/mol. The number of hydrogen-bond donors (Lipinski definition) is 0. The number of aromatic nitrogens is 7. The van der Waals surface area contributed by atoms with Crippen molar-refractivity contribution >= 4 is 82.8 Å². The first-order valence-corrected chi connectivity index (χ1v) is 18.2. The Bertz CT molecular complexity index is 3420. The van der Waals surface area contributed by atoms with E-state index in [0.29, 0.717) is 56.1 Å². The molecule has 0 fully saturated rings. The van der Waals surface area contributed by atoms with E-state index in [-0.39, 0.29) is 0 Å². The van der Waals surface area contributed by atoms with Crippen molar-refractivity contribution in [2.45, 2.75) is 0 Å². The van der Waals surface area contributed by atoms with Gasteiger partial charge in [0.2, 0.25) is 5.89 Å². The number of oxazole rings is 1. The van der Waals surface area contributed by atoms with Gasteiger partial charge in [0, 0.05) is 16.7 Å². The van der Waals surface area contributed by atoms with E-state index in [2.05, 4.69) is 84.5 Å². The summed E-state index contributed by atoms with van der Waals surface area (Å²) in [6.07, 6.45) is 0. The van der Waals surface area contributed by atoms with Gasteiger partial charge in [-0.2, -0.15) is 0 Å². The van der Waals surface area contributed by atoms with E-state index in [1.165, 1.54) is 0 Å². The quantitative estimate of drug-likeness (QED) is 0.149. The molecule has 0 amide bonds. The highest BCUT2D eigenvalue weighted by Gasteiger charge is 2.28. The normalized spacial score (nSPS) is 11.9. The SMILES string of the molecule is c1ccc2c(-c3ccc(N(c4cccc5nonc45)c4ccc(-c5ccc(-c6nc7ccccc7o6)cc5)c5nonc45)c4nonc34)c3ccccc3cc2c1. The van der Waals surface area contributed by atoms with Crippen molar-refractivity contribution in [3.8, 4) is 33.7 Å². The smallest absolute Gasteiger partial charge is 0.227 e. The first-order chi connectivity index (χ1) is 28.3. The molecule has 0 saturated heterocycles. The van der Waals surface area contributed by atoms with Crippen LogP contribution in [0.3, 0.4) is 0 Å². The second-order valence-corrected chi connectivity index (χ2v) is 13.7. The zero-order chi connectivity index (χ0) is 37.5. The maximum atomic E-state index is 6.02. The van der Waals surface area contributed by atoms with Crippen molar-refractivity contribution in [1.82, 2.24) is 35.9 Å². The Morgan fingerprint density at radius 1 is 0.404 bits per heavy atom. The highest BCUT2D eigenvalue weighted by Crippen LogP contribution is 2.47. The molecule has 0 spiro atoms. The van der Waals surface area contributed by atoms with Crippen LogP contribution in [0.4, 0.5) is 17.1 Å². The number of benzene rings is 8. The van der Waals surface area contributed by atoms with Crippen molar-refractivity contribution in [1.29, 1.82) is 0 Å². The first kappa shape index (κ1) is 31.1. The second-order valence-electron chi connectivity index (χ2n) is 13.7. The van der Waals surface area contributed by atoms with Crippen LogP contribution in [0.2, 0.25) is 0 Å². The van der Waals surface area contributed by atoms with Gasteiger partial charge in [-0.05, 0) is 130 Å². The van der Waals surface area contributed by atoms with E-state index in [1.54, 1.807) is 0 Å². The number of rotatable bonds is 6. The van der Waals surface area contributed by atoms with Crippen molar-refractivity contribution in [2.24, 2.45) is 0 Å². The van der Waals surface area contributed by atoms with Crippen LogP contribution in [0.5, 0.6) is 0 Å². The molecule has 0 atom stereocenters. The van der Waals surface area contributed by atoms with E-state index in [9.17, 15) is 0 Å². The Morgan fingerprint density at radius 3 is 1.70 bits per heavy atom. The predicted octanol–water partition coefficient (Wildman–Crippen LogP) is 11.2. The van der Waals surface area contributed by atoms with Gasteiger partial charge in [0.1, 0.15) is 22.1 Å². The fraction of sp³-hybridized carbons (Fsp3) is 0. The highest BCUT2D eigenvalue weighted by atomic mass is 16.6. The van der Waals surface area contributed by atoms with Gasteiger partial charge < -0.3 is 9.32 Å². The lowest BCUT2D eigenvalue weighted by Crippen LogP contribution is -2.12. The summed E-state index contributed by atoms with van der Waals surface area (Å²) in [5.41, 5.74) is 11.3. The molecule has 0 aliphatic carbocycles. The zero-order valence-corrected chi connectivity index (χ0v) is 29.6. The van der Waals surface area contributed by atoms with Gasteiger partial charge in [-0.15, -0.1) is 0 Å². The molecule has 4 heterocycles. The molecule has 268 valence electrons. The molecule has 12 nitrogen and oxygen atoms in total. The zero-order valence-electron chi connectivity index (χ0n) is 29.6. The Kier molecular flexibility index (Phi) is 6.63. The van der Waals surface area contributed by atoms with Crippen molar-refractivity contribution in [2.75, 3.05) is 4.90 Å². The summed E-state index contributed by atoms with van der Waals surface area (Å²) < 4.78 is 22.3. The summed E-state index contributed by atoms with van der Waals surface area (Å²) in [7, 11) is 0. The molecule has 12 rings (SSSR count). The first-order valence-electron chi connectivity index (χ1n) is 18.2. The fourth-order valence-corrected chi connectivity index (χ4v) is 7.96. The van der Waals surface area contributed by atoms with Gasteiger partial charge in [-0.25, -0.2) is 18.9 Å². The molecular formula is C45H24N8O4. The van der Waals surface area contributed by atoms with Crippen LogP contribution in [-0.2, 0) is 0 Å². The lowest BCUT2D eigenvalue weighted by molar-refractivity contribution is 0.315. The predicted molar refractivity (Wildman–Crippen MR) is 216 cm³/mol. The second kappa shape index (κ2) is 12.1. The number of fused-ring (bicyclic) bond motifs is 6. The maximum Gasteiger partial charge on any atom is 0.227 e. The van der Waals surface area contributed by atoms with Gasteiger partial charge in [-0.1, -0.05) is 78.9 Å². The van der Waals surface area contributed by atoms with E-state index in [0.717, 1.165) is 60.5 Å². The van der Waals surface area contributed by atoms with Crippen LogP contribution in [0, 0.1) is 0 Å². The van der Waals surface area contributed by atoms with Crippen molar-refractivity contribution < 1.29 is 18.3 Å². The van der Waals surface area contributed by atoms with Crippen LogP contribution in [0.15, 0.2) is 164 Å². The molecular weight excluding hydrogens is 717 g/mol. The van der Waals surface area contributed by atoms with Crippen molar-refractivity contribution in [3.63, 3.8) is 0 Å². The minimum Gasteiger partial charge on any atom is -0.436 e. The van der Waals surface area contributed by atoms with E-state index in [1.807, 2.05) is 102 Å². The lowest BCUT2D eigenvalue weighted by atomic mass is 9.91. The van der Waals surface area contributed by atoms with Gasteiger partial charge in [0.25, 0.3) is 0 Å². The number of nitrogens with zero attached hydrogens (tertiary/aromatic N) is 8. The highest BCUT2D eigenvalue weighted by molar-refractivity contribution is 6.17. The summed E-state index contributed by atoms with van der Waals surface area (Å²) >= 11 is 0. The summed E-state index contributed by atoms with van der Waals surface area (Å²) in [4.78, 5) is 6.65. The minimum absolute atomic E-state index is 0.512. The van der Waals surface area contributed by atoms with Crippen LogP contribution >= 0.6 is 0 Å². The Hall–Kier alpha value is -8.25. The number of anilines is 3. The maximum absolute atomic E-state index is 6.02. The summed E-state index contributed by atoms with van der Waals surface area (Å²) in [6.45, 7) is 0. The van der Waals surface area contributed by atoms with E-state index in [4.69, 9.17) is 18.3 Å². The average molecular weight is 741 g/mol. The van der Waals surface area contributed by atoms with E-state index >= 15 is 0 Å². The Balaban J connectivity index is 1.04. The van der Waals surface area contributed by atoms with E-state index < -0.39 is 0 Å². The molecule has 0 aliphatic rings. The molecule has 0 saturated carbocycles.